The Morgan fingerprint density at radius 1 is 1.00 bits per heavy atom. The number of hydrogen-bond acceptors (Lipinski definition) is 3. The Hall–Kier alpha value is -1.11. The summed E-state index contributed by atoms with van der Waals surface area (Å²) in [5.74, 6) is 0.464. The first-order chi connectivity index (χ1) is 15.1. The van der Waals surface area contributed by atoms with Gasteiger partial charge in [0.2, 0.25) is 11.8 Å². The number of nitrogens with one attached hydrogen (secondary N) is 1. The van der Waals surface area contributed by atoms with E-state index in [1.807, 2.05) is 26.8 Å². The number of benzene rings is 2. The zero-order valence-electron chi connectivity index (χ0n) is 18.1. The smallest absolute Gasteiger partial charge is 0.243 e. The minimum atomic E-state index is -0.609. The molecule has 0 aromatic heterocycles. The van der Waals surface area contributed by atoms with Gasteiger partial charge in [-0.25, -0.2) is 0 Å². The molecule has 1 atom stereocenters. The van der Waals surface area contributed by atoms with Crippen LogP contribution in [0.2, 0.25) is 20.1 Å². The molecule has 32 heavy (non-hydrogen) atoms. The molecule has 0 saturated heterocycles. The minimum Gasteiger partial charge on any atom is -0.352 e. The van der Waals surface area contributed by atoms with Crippen LogP contribution >= 0.6 is 58.2 Å². The van der Waals surface area contributed by atoms with Crippen LogP contribution in [-0.2, 0) is 21.9 Å². The van der Waals surface area contributed by atoms with E-state index in [9.17, 15) is 9.59 Å². The lowest BCUT2D eigenvalue weighted by molar-refractivity contribution is -0.139. The maximum atomic E-state index is 13.2. The van der Waals surface area contributed by atoms with Gasteiger partial charge in [0.05, 0.1) is 15.8 Å². The first-order valence-corrected chi connectivity index (χ1v) is 12.8. The zero-order valence-corrected chi connectivity index (χ0v) is 22.0. The monoisotopic (exact) mass is 534 g/mol. The summed E-state index contributed by atoms with van der Waals surface area (Å²) in [4.78, 5) is 27.7. The molecule has 174 valence electrons. The van der Waals surface area contributed by atoms with E-state index < -0.39 is 6.04 Å². The van der Waals surface area contributed by atoms with Crippen molar-refractivity contribution in [2.45, 2.75) is 51.6 Å². The molecule has 0 spiro atoms. The van der Waals surface area contributed by atoms with Crippen molar-refractivity contribution in [3.8, 4) is 0 Å². The van der Waals surface area contributed by atoms with Crippen LogP contribution in [0.3, 0.4) is 0 Å². The maximum Gasteiger partial charge on any atom is 0.243 e. The fourth-order valence-corrected chi connectivity index (χ4v) is 4.75. The van der Waals surface area contributed by atoms with Crippen LogP contribution in [0.15, 0.2) is 36.4 Å². The predicted molar refractivity (Wildman–Crippen MR) is 137 cm³/mol. The highest BCUT2D eigenvalue weighted by Crippen LogP contribution is 2.26. The number of amides is 2. The number of halogens is 4. The molecule has 2 rings (SSSR count). The number of nitrogens with zero attached hydrogens (tertiary/aromatic N) is 1. The molecule has 2 aromatic rings. The molecule has 2 amide bonds. The van der Waals surface area contributed by atoms with E-state index in [-0.39, 0.29) is 30.2 Å². The van der Waals surface area contributed by atoms with Crippen LogP contribution in [0.1, 0.15) is 38.3 Å². The Morgan fingerprint density at radius 3 is 2.31 bits per heavy atom. The number of carbonyl (C=O) groups is 2. The average molecular weight is 536 g/mol. The Balaban J connectivity index is 2.18. The van der Waals surface area contributed by atoms with Gasteiger partial charge in [-0.2, -0.15) is 0 Å². The van der Waals surface area contributed by atoms with Gasteiger partial charge >= 0.3 is 0 Å². The second-order valence-corrected chi connectivity index (χ2v) is 10.2. The summed E-state index contributed by atoms with van der Waals surface area (Å²) in [6.07, 6.45) is 0.479. The number of carbonyl (C=O) groups excluding carboxylic acids is 2. The first-order valence-electron chi connectivity index (χ1n) is 10.2. The Morgan fingerprint density at radius 2 is 1.72 bits per heavy atom. The molecule has 0 fully saturated rings. The summed E-state index contributed by atoms with van der Waals surface area (Å²) in [6, 6.07) is 9.90. The average Bonchev–Trinajstić information content (AvgIpc) is 2.71. The molecule has 0 radical (unpaired) electrons. The van der Waals surface area contributed by atoms with Gasteiger partial charge in [0.1, 0.15) is 6.04 Å². The Kier molecular flexibility index (Phi) is 11.0. The third-order valence-electron chi connectivity index (χ3n) is 4.65. The lowest BCUT2D eigenvalue weighted by atomic mass is 10.1. The highest BCUT2D eigenvalue weighted by atomic mass is 35.5. The molecule has 0 heterocycles. The summed E-state index contributed by atoms with van der Waals surface area (Å²) in [7, 11) is 0. The second-order valence-electron chi connectivity index (χ2n) is 7.59. The van der Waals surface area contributed by atoms with Gasteiger partial charge in [0.15, 0.2) is 0 Å². The molecule has 0 unspecified atom stereocenters. The second kappa shape index (κ2) is 13.0. The van der Waals surface area contributed by atoms with Gasteiger partial charge in [0.25, 0.3) is 0 Å². The van der Waals surface area contributed by atoms with Gasteiger partial charge in [-0.15, -0.1) is 11.8 Å². The number of rotatable bonds is 10. The molecular formula is C23H26Cl4N2O2S. The van der Waals surface area contributed by atoms with Crippen molar-refractivity contribution in [2.24, 2.45) is 0 Å². The third kappa shape index (κ3) is 8.03. The molecule has 0 aliphatic carbocycles. The number of hydrogen-bond donors (Lipinski definition) is 1. The minimum absolute atomic E-state index is 0.0309. The van der Waals surface area contributed by atoms with Crippen molar-refractivity contribution >= 4 is 70.0 Å². The van der Waals surface area contributed by atoms with Crippen molar-refractivity contribution in [3.05, 3.63) is 67.6 Å². The van der Waals surface area contributed by atoms with Crippen LogP contribution in [-0.4, -0.2) is 34.6 Å². The third-order valence-corrected chi connectivity index (χ3v) is 6.97. The lowest BCUT2D eigenvalue weighted by Gasteiger charge is -2.31. The van der Waals surface area contributed by atoms with E-state index in [1.165, 1.54) is 11.8 Å². The van der Waals surface area contributed by atoms with Crippen LogP contribution in [0, 0.1) is 0 Å². The summed E-state index contributed by atoms with van der Waals surface area (Å²) in [5, 5.41) is 4.85. The summed E-state index contributed by atoms with van der Waals surface area (Å²) in [5.41, 5.74) is 1.70. The van der Waals surface area contributed by atoms with Crippen molar-refractivity contribution in [3.63, 3.8) is 0 Å². The normalized spacial score (nSPS) is 12.0. The molecule has 1 N–H and O–H groups in total. The van der Waals surface area contributed by atoms with Gasteiger partial charge < -0.3 is 10.2 Å². The Labute approximate surface area is 213 Å². The topological polar surface area (TPSA) is 49.4 Å². The van der Waals surface area contributed by atoms with Crippen LogP contribution in [0.25, 0.3) is 0 Å². The van der Waals surface area contributed by atoms with E-state index in [0.717, 1.165) is 11.1 Å². The largest absolute Gasteiger partial charge is 0.352 e. The van der Waals surface area contributed by atoms with E-state index in [2.05, 4.69) is 5.32 Å². The molecule has 9 heteroatoms. The molecular weight excluding hydrogens is 510 g/mol. The van der Waals surface area contributed by atoms with Crippen molar-refractivity contribution in [2.75, 3.05) is 5.75 Å². The van der Waals surface area contributed by atoms with Crippen LogP contribution < -0.4 is 5.32 Å². The molecule has 4 nitrogen and oxygen atoms in total. The molecule has 2 aromatic carbocycles. The lowest BCUT2D eigenvalue weighted by Crippen LogP contribution is -2.51. The quantitative estimate of drug-likeness (QED) is 0.361. The fourth-order valence-electron chi connectivity index (χ4n) is 3.10. The summed E-state index contributed by atoms with van der Waals surface area (Å²) < 4.78 is 0. The van der Waals surface area contributed by atoms with E-state index >= 15 is 0 Å². The van der Waals surface area contributed by atoms with Gasteiger partial charge in [0, 0.05) is 28.4 Å². The fraction of sp³-hybridized carbons (Fsp3) is 0.391. The zero-order chi connectivity index (χ0) is 23.8. The molecule has 0 aliphatic rings. The van der Waals surface area contributed by atoms with Gasteiger partial charge in [-0.3, -0.25) is 9.59 Å². The van der Waals surface area contributed by atoms with Crippen molar-refractivity contribution in [1.82, 2.24) is 10.2 Å². The first kappa shape index (κ1) is 27.1. The SMILES string of the molecule is CC[C@H](C(=O)NC(C)C)N(Cc1ccc(Cl)cc1Cl)C(=O)CSCc1ccc(Cl)c(Cl)c1. The van der Waals surface area contributed by atoms with Gasteiger partial charge in [-0.1, -0.05) is 65.5 Å². The van der Waals surface area contributed by atoms with Crippen molar-refractivity contribution in [1.29, 1.82) is 0 Å². The Bertz CT molecular complexity index is 956. The summed E-state index contributed by atoms with van der Waals surface area (Å²) in [6.45, 7) is 5.88. The predicted octanol–water partition coefficient (Wildman–Crippen LogP) is 6.87. The van der Waals surface area contributed by atoms with Crippen LogP contribution in [0.4, 0.5) is 0 Å². The molecule has 0 bridgehead atoms. The number of thioether (sulfide) groups is 1. The molecule has 0 aliphatic heterocycles. The van der Waals surface area contributed by atoms with Crippen molar-refractivity contribution < 1.29 is 9.59 Å². The van der Waals surface area contributed by atoms with E-state index in [1.54, 1.807) is 35.2 Å². The van der Waals surface area contributed by atoms with E-state index in [0.29, 0.717) is 32.3 Å². The highest BCUT2D eigenvalue weighted by Gasteiger charge is 2.29. The highest BCUT2D eigenvalue weighted by molar-refractivity contribution is 7.99. The maximum absolute atomic E-state index is 13.2. The van der Waals surface area contributed by atoms with Gasteiger partial charge in [-0.05, 0) is 55.7 Å². The van der Waals surface area contributed by atoms with Crippen LogP contribution in [0.5, 0.6) is 0 Å². The molecule has 0 saturated carbocycles. The van der Waals surface area contributed by atoms with E-state index in [4.69, 9.17) is 46.4 Å². The standard InChI is InChI=1S/C23H26Cl4N2O2S/c1-4-21(23(31)28-14(2)3)29(11-16-6-7-17(24)10-19(16)26)22(30)13-32-12-15-5-8-18(25)20(27)9-15/h5-10,14,21H,4,11-13H2,1-3H3,(H,28,31)/t21-/m1/s1. The summed E-state index contributed by atoms with van der Waals surface area (Å²) >= 11 is 25.9.